The van der Waals surface area contributed by atoms with E-state index in [2.05, 4.69) is 5.32 Å². The third-order valence-electron chi connectivity index (χ3n) is 2.39. The number of methoxy groups -OCH3 is 1. The van der Waals surface area contributed by atoms with E-state index in [4.69, 9.17) is 4.74 Å². The lowest BCUT2D eigenvalue weighted by molar-refractivity contribution is -0.122. The van der Waals surface area contributed by atoms with Crippen molar-refractivity contribution in [3.8, 4) is 5.75 Å². The minimum atomic E-state index is -0.326. The fraction of sp³-hybridized carbons (Fsp3) is 0.231. The maximum atomic E-state index is 11.7. The van der Waals surface area contributed by atoms with Crippen molar-refractivity contribution >= 4 is 18.4 Å². The first-order chi connectivity index (χ1) is 8.62. The van der Waals surface area contributed by atoms with Crippen molar-refractivity contribution in [1.29, 1.82) is 0 Å². The van der Waals surface area contributed by atoms with Crippen LogP contribution in [0.3, 0.4) is 0 Å². The van der Waals surface area contributed by atoms with Crippen molar-refractivity contribution in [2.75, 3.05) is 21.2 Å². The molecule has 1 aromatic carbocycles. The van der Waals surface area contributed by atoms with E-state index in [9.17, 15) is 9.59 Å². The van der Waals surface area contributed by atoms with Gasteiger partial charge in [0, 0.05) is 14.1 Å². The molecule has 0 saturated carbocycles. The third-order valence-corrected chi connectivity index (χ3v) is 2.39. The number of nitrogens with zero attached hydrogens (tertiary/aromatic N) is 1. The van der Waals surface area contributed by atoms with Crippen LogP contribution in [0.1, 0.15) is 5.56 Å². The van der Waals surface area contributed by atoms with Crippen LogP contribution in [0.25, 0.3) is 6.08 Å². The van der Waals surface area contributed by atoms with Gasteiger partial charge in [-0.15, -0.1) is 0 Å². The van der Waals surface area contributed by atoms with Crippen molar-refractivity contribution < 1.29 is 14.3 Å². The molecule has 0 atom stereocenters. The molecule has 5 heteroatoms. The molecule has 0 saturated heterocycles. The number of ether oxygens (including phenoxy) is 1. The van der Waals surface area contributed by atoms with E-state index in [1.54, 1.807) is 25.3 Å². The largest absolute Gasteiger partial charge is 0.497 e. The highest BCUT2D eigenvalue weighted by atomic mass is 16.5. The predicted octanol–water partition coefficient (Wildman–Crippen LogP) is 0.870. The summed E-state index contributed by atoms with van der Waals surface area (Å²) in [6.07, 6.45) is 2.21. The van der Waals surface area contributed by atoms with Crippen molar-refractivity contribution in [3.63, 3.8) is 0 Å². The molecule has 5 nitrogen and oxygen atoms in total. The maximum absolute atomic E-state index is 11.7. The average molecular weight is 248 g/mol. The Morgan fingerprint density at radius 3 is 2.72 bits per heavy atom. The maximum Gasteiger partial charge on any atom is 0.267 e. The number of hydrogen-bond donors (Lipinski definition) is 1. The van der Waals surface area contributed by atoms with Gasteiger partial charge in [-0.3, -0.25) is 9.59 Å². The van der Waals surface area contributed by atoms with Crippen LogP contribution in [0.15, 0.2) is 30.0 Å². The van der Waals surface area contributed by atoms with Crippen LogP contribution >= 0.6 is 0 Å². The number of carbonyl (C=O) groups excluding carboxylic acids is 2. The molecule has 0 bridgehead atoms. The van der Waals surface area contributed by atoms with E-state index < -0.39 is 0 Å². The third kappa shape index (κ3) is 3.35. The second-order valence-corrected chi connectivity index (χ2v) is 3.60. The summed E-state index contributed by atoms with van der Waals surface area (Å²) in [6, 6.07) is 7.22. The van der Waals surface area contributed by atoms with E-state index in [1.165, 1.54) is 19.0 Å². The molecule has 0 heterocycles. The molecule has 1 aromatic rings. The highest BCUT2D eigenvalue weighted by molar-refractivity contribution is 5.98. The van der Waals surface area contributed by atoms with Gasteiger partial charge in [0.1, 0.15) is 11.4 Å². The molecule has 0 unspecified atom stereocenters. The summed E-state index contributed by atoms with van der Waals surface area (Å²) in [5.74, 6) is 0.362. The van der Waals surface area contributed by atoms with Gasteiger partial charge in [-0.25, -0.2) is 0 Å². The minimum Gasteiger partial charge on any atom is -0.497 e. The molecule has 0 aliphatic rings. The number of benzene rings is 1. The highest BCUT2D eigenvalue weighted by Gasteiger charge is 2.12. The SMILES string of the molecule is CNC(=O)/C(=C/c1cccc(OC)c1)N(C)C=O. The summed E-state index contributed by atoms with van der Waals surface area (Å²) >= 11 is 0. The Morgan fingerprint density at radius 2 is 2.17 bits per heavy atom. The zero-order valence-electron chi connectivity index (χ0n) is 10.6. The Balaban J connectivity index is 3.14. The lowest BCUT2D eigenvalue weighted by Gasteiger charge is -2.14. The molecule has 1 N–H and O–H groups in total. The molecule has 0 aliphatic heterocycles. The smallest absolute Gasteiger partial charge is 0.267 e. The van der Waals surface area contributed by atoms with E-state index in [1.807, 2.05) is 12.1 Å². The Kier molecular flexibility index (Phi) is 4.92. The van der Waals surface area contributed by atoms with Gasteiger partial charge < -0.3 is 15.0 Å². The van der Waals surface area contributed by atoms with Gasteiger partial charge >= 0.3 is 0 Å². The van der Waals surface area contributed by atoms with Gasteiger partial charge in [0.2, 0.25) is 6.41 Å². The normalized spacial score (nSPS) is 10.7. The van der Waals surface area contributed by atoms with Gasteiger partial charge in [0.15, 0.2) is 0 Å². The summed E-state index contributed by atoms with van der Waals surface area (Å²) in [5, 5.41) is 2.49. The van der Waals surface area contributed by atoms with Gasteiger partial charge in [-0.05, 0) is 23.8 Å². The number of carbonyl (C=O) groups is 2. The summed E-state index contributed by atoms with van der Waals surface area (Å²) in [7, 11) is 4.61. The first-order valence-electron chi connectivity index (χ1n) is 5.38. The Bertz CT molecular complexity index is 469. The van der Waals surface area contributed by atoms with Crippen molar-refractivity contribution in [2.45, 2.75) is 0 Å². The monoisotopic (exact) mass is 248 g/mol. The summed E-state index contributed by atoms with van der Waals surface area (Å²) in [4.78, 5) is 23.6. The first-order valence-corrected chi connectivity index (χ1v) is 5.38. The fourth-order valence-corrected chi connectivity index (χ4v) is 1.40. The summed E-state index contributed by atoms with van der Waals surface area (Å²) in [5.41, 5.74) is 1.04. The number of hydrogen-bond acceptors (Lipinski definition) is 3. The van der Waals surface area contributed by atoms with Gasteiger partial charge in [-0.2, -0.15) is 0 Å². The van der Waals surface area contributed by atoms with E-state index >= 15 is 0 Å². The zero-order valence-corrected chi connectivity index (χ0v) is 10.6. The molecular formula is C13H16N2O3. The second-order valence-electron chi connectivity index (χ2n) is 3.60. The molecule has 0 spiro atoms. The van der Waals surface area contributed by atoms with Crippen LogP contribution in [0, 0.1) is 0 Å². The Hall–Kier alpha value is -2.30. The van der Waals surface area contributed by atoms with Crippen molar-refractivity contribution in [2.24, 2.45) is 0 Å². The summed E-state index contributed by atoms with van der Waals surface area (Å²) < 4.78 is 5.10. The van der Waals surface area contributed by atoms with Crippen molar-refractivity contribution in [3.05, 3.63) is 35.5 Å². The molecule has 18 heavy (non-hydrogen) atoms. The van der Waals surface area contributed by atoms with E-state index in [0.29, 0.717) is 12.2 Å². The molecule has 1 rings (SSSR count). The predicted molar refractivity (Wildman–Crippen MR) is 68.9 cm³/mol. The standard InChI is InChI=1S/C13H16N2O3/c1-14-13(17)12(15(2)9-16)8-10-5-4-6-11(7-10)18-3/h4-9H,1-3H3,(H,14,17)/b12-8-. The molecule has 0 radical (unpaired) electrons. The molecule has 0 aliphatic carbocycles. The van der Waals surface area contributed by atoms with E-state index in [0.717, 1.165) is 5.56 Å². The van der Waals surface area contributed by atoms with Crippen LogP contribution in [-0.4, -0.2) is 38.4 Å². The first kappa shape index (κ1) is 13.8. The minimum absolute atomic E-state index is 0.265. The van der Waals surface area contributed by atoms with Crippen LogP contribution in [-0.2, 0) is 9.59 Å². The summed E-state index contributed by atoms with van der Waals surface area (Å²) in [6.45, 7) is 0. The molecular weight excluding hydrogens is 232 g/mol. The zero-order chi connectivity index (χ0) is 13.5. The average Bonchev–Trinajstić information content (AvgIpc) is 2.43. The van der Waals surface area contributed by atoms with Gasteiger partial charge in [0.25, 0.3) is 5.91 Å². The van der Waals surface area contributed by atoms with Crippen LogP contribution in [0.5, 0.6) is 5.75 Å². The van der Waals surface area contributed by atoms with Crippen molar-refractivity contribution in [1.82, 2.24) is 10.2 Å². The van der Waals surface area contributed by atoms with Gasteiger partial charge in [0.05, 0.1) is 7.11 Å². The van der Waals surface area contributed by atoms with Crippen LogP contribution < -0.4 is 10.1 Å². The lowest BCUT2D eigenvalue weighted by atomic mass is 10.1. The Morgan fingerprint density at radius 1 is 1.44 bits per heavy atom. The van der Waals surface area contributed by atoms with E-state index in [-0.39, 0.29) is 11.6 Å². The number of likely N-dealkylation sites (N-methyl/N-ethyl adjacent to an activating group) is 2. The van der Waals surface area contributed by atoms with Crippen LogP contribution in [0.2, 0.25) is 0 Å². The van der Waals surface area contributed by atoms with Gasteiger partial charge in [-0.1, -0.05) is 12.1 Å². The molecule has 0 fully saturated rings. The number of rotatable bonds is 5. The fourth-order valence-electron chi connectivity index (χ4n) is 1.40. The molecule has 2 amide bonds. The molecule has 0 aromatic heterocycles. The lowest BCUT2D eigenvalue weighted by Crippen LogP contribution is -2.29. The highest BCUT2D eigenvalue weighted by Crippen LogP contribution is 2.16. The number of nitrogens with one attached hydrogen (secondary N) is 1. The molecule has 96 valence electrons. The second kappa shape index (κ2) is 6.44. The number of amides is 2. The van der Waals surface area contributed by atoms with Crippen LogP contribution in [0.4, 0.5) is 0 Å². The quantitative estimate of drug-likeness (QED) is 0.621. The Labute approximate surface area is 106 Å². The topological polar surface area (TPSA) is 58.6 Å².